The Balaban J connectivity index is 1.72. The highest BCUT2D eigenvalue weighted by atomic mass is 19.3. The molecule has 0 fully saturated rings. The zero-order chi connectivity index (χ0) is 24.0. The highest BCUT2D eigenvalue weighted by Gasteiger charge is 2.44. The van der Waals surface area contributed by atoms with E-state index in [1.807, 2.05) is 0 Å². The van der Waals surface area contributed by atoms with Crippen LogP contribution < -0.4 is 14.6 Å². The smallest absolute Gasteiger partial charge is 0.461 e. The fourth-order valence-electron chi connectivity index (χ4n) is 3.02. The molecule has 33 heavy (non-hydrogen) atoms. The molecule has 0 saturated carbocycles. The second-order valence-corrected chi connectivity index (χ2v) is 7.05. The Morgan fingerprint density at radius 3 is 2.33 bits per heavy atom. The molecule has 0 radical (unpaired) electrons. The first kappa shape index (κ1) is 24.0. The molecule has 6 nitrogen and oxygen atoms in total. The second-order valence-electron chi connectivity index (χ2n) is 7.05. The molecule has 1 aromatic heterocycles. The molecule has 0 aliphatic heterocycles. The van der Waals surface area contributed by atoms with E-state index in [4.69, 9.17) is 4.74 Å². The normalized spacial score (nSPS) is 13.4. The molecular weight excluding hydrogens is 446 g/mol. The first-order valence-electron chi connectivity index (χ1n) is 9.66. The van der Waals surface area contributed by atoms with Crippen molar-refractivity contribution < 1.29 is 42.0 Å². The van der Waals surface area contributed by atoms with Gasteiger partial charge in [0.25, 0.3) is 0 Å². The lowest BCUT2D eigenvalue weighted by Gasteiger charge is -2.25. The first-order chi connectivity index (χ1) is 15.7. The van der Waals surface area contributed by atoms with Crippen LogP contribution in [0.3, 0.4) is 0 Å². The van der Waals surface area contributed by atoms with Gasteiger partial charge in [0.1, 0.15) is 17.2 Å². The average Bonchev–Trinajstić information content (AvgIpc) is 2.78. The van der Waals surface area contributed by atoms with Crippen LogP contribution in [0.1, 0.15) is 17.2 Å². The quantitative estimate of drug-likeness (QED) is 0.460. The van der Waals surface area contributed by atoms with Crippen LogP contribution in [0.25, 0.3) is 0 Å². The Morgan fingerprint density at radius 1 is 1.03 bits per heavy atom. The van der Waals surface area contributed by atoms with Gasteiger partial charge in [-0.15, -0.1) is 0 Å². The number of ether oxygens (including phenoxy) is 2. The number of aliphatic hydroxyl groups is 1. The van der Waals surface area contributed by atoms with Crippen LogP contribution in [0.4, 0.5) is 17.6 Å². The summed E-state index contributed by atoms with van der Waals surface area (Å²) in [6.07, 6.45) is -7.48. The van der Waals surface area contributed by atoms with Crippen molar-refractivity contribution in [2.45, 2.75) is 25.1 Å². The van der Waals surface area contributed by atoms with Gasteiger partial charge in [-0.3, -0.25) is 4.98 Å². The third kappa shape index (κ3) is 6.42. The first-order valence-corrected chi connectivity index (χ1v) is 9.66. The van der Waals surface area contributed by atoms with Gasteiger partial charge in [0, 0.05) is 18.1 Å². The van der Waals surface area contributed by atoms with E-state index in [0.717, 1.165) is 12.1 Å². The monoisotopic (exact) mass is 464 g/mol. The maximum atomic E-state index is 13.1. The van der Waals surface area contributed by atoms with Gasteiger partial charge in [-0.1, -0.05) is 24.3 Å². The van der Waals surface area contributed by atoms with Crippen molar-refractivity contribution in [3.8, 4) is 17.2 Å². The van der Waals surface area contributed by atoms with Crippen molar-refractivity contribution in [2.24, 2.45) is 5.92 Å². The number of pyridine rings is 1. The van der Waals surface area contributed by atoms with Crippen LogP contribution in [0.2, 0.25) is 0 Å². The Labute approximate surface area is 186 Å². The highest BCUT2D eigenvalue weighted by molar-refractivity contribution is 5.69. The van der Waals surface area contributed by atoms with Crippen molar-refractivity contribution in [3.63, 3.8) is 0 Å². The number of alkyl halides is 4. The predicted octanol–water partition coefficient (Wildman–Crippen LogP) is 3.75. The number of hydrogen-bond acceptors (Lipinski definition) is 6. The van der Waals surface area contributed by atoms with Gasteiger partial charge >= 0.3 is 12.5 Å². The molecule has 174 valence electrons. The molecule has 0 bridgehead atoms. The van der Waals surface area contributed by atoms with Gasteiger partial charge in [0.05, 0.1) is 12.3 Å². The van der Waals surface area contributed by atoms with E-state index in [1.165, 1.54) is 42.6 Å². The molecule has 0 saturated heterocycles. The lowest BCUT2D eigenvalue weighted by Crippen LogP contribution is -2.36. The number of carbonyl (C=O) groups is 1. The summed E-state index contributed by atoms with van der Waals surface area (Å²) in [5.74, 6) is -2.70. The van der Waals surface area contributed by atoms with Crippen molar-refractivity contribution in [1.29, 1.82) is 0 Å². The fraction of sp³-hybridized carbons (Fsp3) is 0.217. The number of aromatic nitrogens is 1. The maximum absolute atomic E-state index is 13.1. The van der Waals surface area contributed by atoms with Gasteiger partial charge < -0.3 is 24.5 Å². The van der Waals surface area contributed by atoms with Gasteiger partial charge in [0.2, 0.25) is 0 Å². The van der Waals surface area contributed by atoms with E-state index in [9.17, 15) is 32.6 Å². The van der Waals surface area contributed by atoms with Crippen LogP contribution in [-0.4, -0.2) is 28.6 Å². The summed E-state index contributed by atoms with van der Waals surface area (Å²) in [6, 6.07) is 14.0. The van der Waals surface area contributed by atoms with Gasteiger partial charge in [-0.05, 0) is 53.9 Å². The molecule has 0 amide bonds. The Morgan fingerprint density at radius 2 is 1.73 bits per heavy atom. The number of carboxylic acid groups (broad SMARTS) is 1. The average molecular weight is 464 g/mol. The molecule has 0 aliphatic rings. The zero-order valence-corrected chi connectivity index (χ0v) is 16.9. The SMILES string of the molecule is O=C([O-])C(Cc1cccc(OC(F)(F)C(F)F)c1)C(O)c1ccc(Oc2cccnc2)cc1. The molecule has 2 atom stereocenters. The number of nitrogens with zero attached hydrogens (tertiary/aromatic N) is 1. The summed E-state index contributed by atoms with van der Waals surface area (Å²) in [4.78, 5) is 15.6. The molecule has 0 spiro atoms. The molecular formula is C23H18F4NO5-. The van der Waals surface area contributed by atoms with Crippen LogP contribution in [-0.2, 0) is 11.2 Å². The minimum Gasteiger partial charge on any atom is -0.550 e. The Kier molecular flexibility index (Phi) is 7.49. The number of aliphatic hydroxyl groups excluding tert-OH is 1. The number of carbonyl (C=O) groups excluding carboxylic acids is 1. The van der Waals surface area contributed by atoms with E-state index in [1.54, 1.807) is 18.3 Å². The number of carboxylic acids is 1. The highest BCUT2D eigenvalue weighted by Crippen LogP contribution is 2.31. The zero-order valence-electron chi connectivity index (χ0n) is 16.9. The molecule has 1 heterocycles. The standard InChI is InChI=1S/C23H19F4NO5/c24-22(25)23(26,27)33-17-4-1-3-14(11-17)12-19(21(30)31)20(29)15-6-8-16(9-7-15)32-18-5-2-10-28-13-18/h1-11,13,19-20,22,29H,12H2,(H,30,31)/p-1. The van der Waals surface area contributed by atoms with E-state index in [-0.39, 0.29) is 17.5 Å². The van der Waals surface area contributed by atoms with Crippen LogP contribution >= 0.6 is 0 Å². The van der Waals surface area contributed by atoms with Crippen LogP contribution in [0, 0.1) is 5.92 Å². The molecule has 2 unspecified atom stereocenters. The summed E-state index contributed by atoms with van der Waals surface area (Å²) in [6.45, 7) is 0. The topological polar surface area (TPSA) is 91.7 Å². The molecule has 3 aromatic rings. The van der Waals surface area contributed by atoms with Gasteiger partial charge in [-0.25, -0.2) is 0 Å². The molecule has 0 aliphatic carbocycles. The third-order valence-electron chi connectivity index (χ3n) is 4.64. The largest absolute Gasteiger partial charge is 0.550 e. The predicted molar refractivity (Wildman–Crippen MR) is 106 cm³/mol. The molecule has 10 heteroatoms. The van der Waals surface area contributed by atoms with Crippen LogP contribution in [0.15, 0.2) is 73.1 Å². The lowest BCUT2D eigenvalue weighted by molar-refractivity contribution is -0.314. The number of rotatable bonds is 10. The Bertz CT molecular complexity index is 1060. The maximum Gasteiger partial charge on any atom is 0.461 e. The fourth-order valence-corrected chi connectivity index (χ4v) is 3.02. The second kappa shape index (κ2) is 10.3. The summed E-state index contributed by atoms with van der Waals surface area (Å²) in [7, 11) is 0. The minimum absolute atomic E-state index is 0.169. The van der Waals surface area contributed by atoms with Gasteiger partial charge in [0.15, 0.2) is 0 Å². The summed E-state index contributed by atoms with van der Waals surface area (Å²) >= 11 is 0. The van der Waals surface area contributed by atoms with Crippen molar-refractivity contribution >= 4 is 5.97 Å². The van der Waals surface area contributed by atoms with E-state index in [0.29, 0.717) is 11.5 Å². The number of halogens is 4. The summed E-state index contributed by atoms with van der Waals surface area (Å²) in [5, 5.41) is 22.3. The Hall–Kier alpha value is -3.66. The number of aliphatic carboxylic acids is 1. The summed E-state index contributed by atoms with van der Waals surface area (Å²) in [5.41, 5.74) is 0.418. The van der Waals surface area contributed by atoms with Crippen LogP contribution in [0.5, 0.6) is 17.2 Å². The minimum atomic E-state index is -4.70. The third-order valence-corrected chi connectivity index (χ3v) is 4.64. The van der Waals surface area contributed by atoms with E-state index in [2.05, 4.69) is 9.72 Å². The lowest BCUT2D eigenvalue weighted by atomic mass is 9.90. The number of benzene rings is 2. The molecule has 1 N–H and O–H groups in total. The summed E-state index contributed by atoms with van der Waals surface area (Å²) < 4.78 is 60.6. The van der Waals surface area contributed by atoms with E-state index < -0.39 is 36.3 Å². The van der Waals surface area contributed by atoms with Crippen molar-refractivity contribution in [3.05, 3.63) is 84.2 Å². The van der Waals surface area contributed by atoms with Gasteiger partial charge in [-0.2, -0.15) is 17.6 Å². The molecule has 2 aromatic carbocycles. The van der Waals surface area contributed by atoms with Crippen molar-refractivity contribution in [1.82, 2.24) is 4.98 Å². The molecule has 3 rings (SSSR count). The number of hydrogen-bond donors (Lipinski definition) is 1. The van der Waals surface area contributed by atoms with E-state index >= 15 is 0 Å². The van der Waals surface area contributed by atoms with Crippen molar-refractivity contribution in [2.75, 3.05) is 0 Å².